The van der Waals surface area contributed by atoms with Crippen molar-refractivity contribution in [1.82, 2.24) is 10.2 Å². The standard InChI is InChI=1S/C20H19ClN2O2/c21-17-10-8-15(9-11-17)14-18(20(25)23-12-4-5-13-23)22-19(24)16-6-2-1-3-7-16/h1-3,6-11,14H,4-5,12-13H2,(H,22,24)/b18-14+. The topological polar surface area (TPSA) is 49.4 Å². The van der Waals surface area contributed by atoms with Gasteiger partial charge in [-0.3, -0.25) is 9.59 Å². The predicted octanol–water partition coefficient (Wildman–Crippen LogP) is 3.73. The molecule has 0 aliphatic carbocycles. The quantitative estimate of drug-likeness (QED) is 0.850. The molecule has 25 heavy (non-hydrogen) atoms. The van der Waals surface area contributed by atoms with E-state index in [4.69, 9.17) is 11.6 Å². The van der Waals surface area contributed by atoms with Crippen molar-refractivity contribution in [3.63, 3.8) is 0 Å². The van der Waals surface area contributed by atoms with Crippen molar-refractivity contribution < 1.29 is 9.59 Å². The summed E-state index contributed by atoms with van der Waals surface area (Å²) in [7, 11) is 0. The number of nitrogens with one attached hydrogen (secondary N) is 1. The lowest BCUT2D eigenvalue weighted by Crippen LogP contribution is -2.36. The van der Waals surface area contributed by atoms with Crippen molar-refractivity contribution in [3.05, 3.63) is 76.4 Å². The lowest BCUT2D eigenvalue weighted by molar-refractivity contribution is -0.126. The van der Waals surface area contributed by atoms with Gasteiger partial charge in [-0.25, -0.2) is 0 Å². The first-order valence-corrected chi connectivity index (χ1v) is 8.64. The fourth-order valence-corrected chi connectivity index (χ4v) is 2.88. The fraction of sp³-hybridized carbons (Fsp3) is 0.200. The molecule has 1 fully saturated rings. The molecule has 0 radical (unpaired) electrons. The van der Waals surface area contributed by atoms with Gasteiger partial charge < -0.3 is 10.2 Å². The number of rotatable bonds is 4. The molecular formula is C20H19ClN2O2. The van der Waals surface area contributed by atoms with Gasteiger partial charge in [0.1, 0.15) is 5.70 Å². The summed E-state index contributed by atoms with van der Waals surface area (Å²) in [5.41, 5.74) is 1.59. The Kier molecular flexibility index (Phi) is 5.51. The highest BCUT2D eigenvalue weighted by Crippen LogP contribution is 2.16. The zero-order valence-corrected chi connectivity index (χ0v) is 14.5. The van der Waals surface area contributed by atoms with Crippen LogP contribution in [0.1, 0.15) is 28.8 Å². The Labute approximate surface area is 152 Å². The molecule has 2 amide bonds. The van der Waals surface area contributed by atoms with Crippen LogP contribution >= 0.6 is 11.6 Å². The molecule has 0 unspecified atom stereocenters. The van der Waals surface area contributed by atoms with Crippen LogP contribution in [-0.2, 0) is 4.79 Å². The van der Waals surface area contributed by atoms with Crippen LogP contribution < -0.4 is 5.32 Å². The van der Waals surface area contributed by atoms with E-state index in [-0.39, 0.29) is 17.5 Å². The number of hydrogen-bond acceptors (Lipinski definition) is 2. The molecule has 1 saturated heterocycles. The van der Waals surface area contributed by atoms with Crippen LogP contribution in [0.4, 0.5) is 0 Å². The van der Waals surface area contributed by atoms with Crippen molar-refractivity contribution in [2.45, 2.75) is 12.8 Å². The Hall–Kier alpha value is -2.59. The molecule has 0 saturated carbocycles. The first kappa shape index (κ1) is 17.2. The molecule has 128 valence electrons. The molecule has 1 heterocycles. The summed E-state index contributed by atoms with van der Waals surface area (Å²) in [6, 6.07) is 16.0. The first-order chi connectivity index (χ1) is 12.1. The van der Waals surface area contributed by atoms with Gasteiger partial charge in [0.2, 0.25) is 0 Å². The van der Waals surface area contributed by atoms with Crippen LogP contribution in [0, 0.1) is 0 Å². The number of carbonyl (C=O) groups is 2. The van der Waals surface area contributed by atoms with Crippen LogP contribution in [0.3, 0.4) is 0 Å². The molecule has 1 N–H and O–H groups in total. The lowest BCUT2D eigenvalue weighted by atomic mass is 10.1. The normalized spacial score (nSPS) is 14.4. The molecule has 0 aromatic heterocycles. The van der Waals surface area contributed by atoms with Gasteiger partial charge in [-0.2, -0.15) is 0 Å². The second-order valence-electron chi connectivity index (χ2n) is 5.93. The van der Waals surface area contributed by atoms with Gasteiger partial charge in [0, 0.05) is 23.7 Å². The van der Waals surface area contributed by atoms with Crippen molar-refractivity contribution in [3.8, 4) is 0 Å². The molecule has 1 aliphatic heterocycles. The van der Waals surface area contributed by atoms with Gasteiger partial charge in [0.05, 0.1) is 0 Å². The van der Waals surface area contributed by atoms with Crippen LogP contribution in [0.15, 0.2) is 60.3 Å². The maximum absolute atomic E-state index is 12.8. The number of halogens is 1. The number of hydrogen-bond donors (Lipinski definition) is 1. The van der Waals surface area contributed by atoms with E-state index in [1.54, 1.807) is 47.4 Å². The second kappa shape index (κ2) is 7.99. The SMILES string of the molecule is O=C(N/C(=C/c1ccc(Cl)cc1)C(=O)N1CCCC1)c1ccccc1. The molecule has 3 rings (SSSR count). The maximum Gasteiger partial charge on any atom is 0.270 e. The minimum absolute atomic E-state index is 0.156. The van der Waals surface area contributed by atoms with E-state index in [0.717, 1.165) is 31.5 Å². The summed E-state index contributed by atoms with van der Waals surface area (Å²) >= 11 is 5.91. The van der Waals surface area contributed by atoms with Crippen molar-refractivity contribution in [1.29, 1.82) is 0 Å². The number of amides is 2. The van der Waals surface area contributed by atoms with Gasteiger partial charge in [0.15, 0.2) is 0 Å². The maximum atomic E-state index is 12.8. The molecular weight excluding hydrogens is 336 g/mol. The third kappa shape index (κ3) is 4.48. The molecule has 2 aromatic carbocycles. The fourth-order valence-electron chi connectivity index (χ4n) is 2.75. The Morgan fingerprint density at radius 2 is 1.60 bits per heavy atom. The number of likely N-dealkylation sites (tertiary alicyclic amines) is 1. The third-order valence-corrected chi connectivity index (χ3v) is 4.34. The summed E-state index contributed by atoms with van der Waals surface area (Å²) in [5.74, 6) is -0.454. The van der Waals surface area contributed by atoms with Crippen molar-refractivity contribution in [2.75, 3.05) is 13.1 Å². The molecule has 1 aliphatic rings. The van der Waals surface area contributed by atoms with E-state index in [1.807, 2.05) is 18.2 Å². The third-order valence-electron chi connectivity index (χ3n) is 4.09. The summed E-state index contributed by atoms with van der Waals surface area (Å²) in [4.78, 5) is 27.0. The smallest absolute Gasteiger partial charge is 0.270 e. The summed E-state index contributed by atoms with van der Waals surface area (Å²) in [6.45, 7) is 1.44. The monoisotopic (exact) mass is 354 g/mol. The average molecular weight is 355 g/mol. The zero-order chi connectivity index (χ0) is 17.6. The summed E-state index contributed by atoms with van der Waals surface area (Å²) < 4.78 is 0. The lowest BCUT2D eigenvalue weighted by Gasteiger charge is -2.18. The van der Waals surface area contributed by atoms with E-state index in [0.29, 0.717) is 10.6 Å². The Bertz CT molecular complexity index is 779. The van der Waals surface area contributed by atoms with Crippen LogP contribution in [-0.4, -0.2) is 29.8 Å². The Balaban J connectivity index is 1.87. The highest BCUT2D eigenvalue weighted by molar-refractivity contribution is 6.30. The van der Waals surface area contributed by atoms with E-state index in [2.05, 4.69) is 5.32 Å². The van der Waals surface area contributed by atoms with Gasteiger partial charge in [-0.1, -0.05) is 41.9 Å². The molecule has 0 atom stereocenters. The van der Waals surface area contributed by atoms with Crippen LogP contribution in [0.2, 0.25) is 5.02 Å². The molecule has 0 spiro atoms. The minimum Gasteiger partial charge on any atom is -0.337 e. The minimum atomic E-state index is -0.298. The predicted molar refractivity (Wildman–Crippen MR) is 99.2 cm³/mol. The van der Waals surface area contributed by atoms with Gasteiger partial charge in [-0.05, 0) is 48.7 Å². The largest absolute Gasteiger partial charge is 0.337 e. The summed E-state index contributed by atoms with van der Waals surface area (Å²) in [5, 5.41) is 3.39. The van der Waals surface area contributed by atoms with E-state index >= 15 is 0 Å². The Morgan fingerprint density at radius 3 is 2.24 bits per heavy atom. The van der Waals surface area contributed by atoms with Crippen molar-refractivity contribution >= 4 is 29.5 Å². The van der Waals surface area contributed by atoms with Crippen LogP contribution in [0.25, 0.3) is 6.08 Å². The van der Waals surface area contributed by atoms with E-state index in [9.17, 15) is 9.59 Å². The molecule has 4 nitrogen and oxygen atoms in total. The zero-order valence-electron chi connectivity index (χ0n) is 13.7. The van der Waals surface area contributed by atoms with E-state index in [1.165, 1.54) is 0 Å². The Morgan fingerprint density at radius 1 is 0.960 bits per heavy atom. The van der Waals surface area contributed by atoms with Crippen LogP contribution in [0.5, 0.6) is 0 Å². The van der Waals surface area contributed by atoms with E-state index < -0.39 is 0 Å². The highest BCUT2D eigenvalue weighted by atomic mass is 35.5. The molecule has 5 heteroatoms. The van der Waals surface area contributed by atoms with Crippen molar-refractivity contribution in [2.24, 2.45) is 0 Å². The van der Waals surface area contributed by atoms with Gasteiger partial charge in [0.25, 0.3) is 11.8 Å². The molecule has 2 aromatic rings. The number of benzene rings is 2. The second-order valence-corrected chi connectivity index (χ2v) is 6.37. The van der Waals surface area contributed by atoms with Gasteiger partial charge in [-0.15, -0.1) is 0 Å². The molecule has 0 bridgehead atoms. The number of nitrogens with zero attached hydrogens (tertiary/aromatic N) is 1. The summed E-state index contributed by atoms with van der Waals surface area (Å²) in [6.07, 6.45) is 3.68. The van der Waals surface area contributed by atoms with Gasteiger partial charge >= 0.3 is 0 Å². The first-order valence-electron chi connectivity index (χ1n) is 8.26. The average Bonchev–Trinajstić information content (AvgIpc) is 3.17. The number of carbonyl (C=O) groups excluding carboxylic acids is 2. The highest BCUT2D eigenvalue weighted by Gasteiger charge is 2.23.